The lowest BCUT2D eigenvalue weighted by molar-refractivity contribution is 0.270. The summed E-state index contributed by atoms with van der Waals surface area (Å²) in [5, 5.41) is 9.03. The average Bonchev–Trinajstić information content (AvgIpc) is 2.16. The van der Waals surface area contributed by atoms with Gasteiger partial charge in [-0.1, -0.05) is 13.8 Å². The van der Waals surface area contributed by atoms with E-state index in [1.54, 1.807) is 6.07 Å². The Morgan fingerprint density at radius 3 is 2.50 bits per heavy atom. The van der Waals surface area contributed by atoms with E-state index >= 15 is 0 Å². The van der Waals surface area contributed by atoms with Crippen molar-refractivity contribution in [1.29, 1.82) is 0 Å². The molecular formula is C11H15FO2. The first-order valence-corrected chi connectivity index (χ1v) is 4.57. The Balaban J connectivity index is 3.24. The van der Waals surface area contributed by atoms with Gasteiger partial charge < -0.3 is 9.84 Å². The average molecular weight is 198 g/mol. The van der Waals surface area contributed by atoms with Crippen molar-refractivity contribution in [3.05, 3.63) is 29.1 Å². The summed E-state index contributed by atoms with van der Waals surface area (Å²) in [6, 6.07) is 3.22. The second-order valence-corrected chi connectivity index (χ2v) is 3.51. The lowest BCUT2D eigenvalue weighted by Crippen LogP contribution is -1.99. The summed E-state index contributed by atoms with van der Waals surface area (Å²) in [5.41, 5.74) is 1.36. The Morgan fingerprint density at radius 2 is 2.07 bits per heavy atom. The lowest BCUT2D eigenvalue weighted by atomic mass is 10.00. The van der Waals surface area contributed by atoms with Crippen LogP contribution in [0, 0.1) is 5.82 Å². The molecule has 1 N–H and O–H groups in total. The predicted molar refractivity (Wildman–Crippen MR) is 53.0 cm³/mol. The van der Waals surface area contributed by atoms with Gasteiger partial charge in [0.05, 0.1) is 13.7 Å². The quantitative estimate of drug-likeness (QED) is 0.808. The molecule has 0 aliphatic heterocycles. The van der Waals surface area contributed by atoms with Gasteiger partial charge in [-0.15, -0.1) is 0 Å². The van der Waals surface area contributed by atoms with Crippen LogP contribution in [0.2, 0.25) is 0 Å². The van der Waals surface area contributed by atoms with Crippen molar-refractivity contribution in [2.45, 2.75) is 26.4 Å². The Kier molecular flexibility index (Phi) is 3.47. The molecule has 0 heterocycles. The molecule has 0 aromatic heterocycles. The Bertz CT molecular complexity index is 321. The third-order valence-corrected chi connectivity index (χ3v) is 2.18. The second-order valence-electron chi connectivity index (χ2n) is 3.51. The maximum atomic E-state index is 13.4. The molecule has 0 saturated carbocycles. The Labute approximate surface area is 83.3 Å². The van der Waals surface area contributed by atoms with Crippen LogP contribution in [0.15, 0.2) is 12.1 Å². The topological polar surface area (TPSA) is 29.5 Å². The van der Waals surface area contributed by atoms with E-state index in [2.05, 4.69) is 0 Å². The molecule has 0 bridgehead atoms. The first-order valence-electron chi connectivity index (χ1n) is 4.57. The maximum Gasteiger partial charge on any atom is 0.165 e. The van der Waals surface area contributed by atoms with Gasteiger partial charge in [-0.05, 0) is 23.6 Å². The molecule has 0 aliphatic rings. The van der Waals surface area contributed by atoms with E-state index in [1.165, 1.54) is 13.2 Å². The van der Waals surface area contributed by atoms with Crippen LogP contribution >= 0.6 is 0 Å². The fraction of sp³-hybridized carbons (Fsp3) is 0.455. The van der Waals surface area contributed by atoms with Crippen molar-refractivity contribution in [1.82, 2.24) is 0 Å². The SMILES string of the molecule is COc1c(F)cc(C(C)C)cc1CO. The fourth-order valence-electron chi connectivity index (χ4n) is 1.35. The first kappa shape index (κ1) is 11.0. The van der Waals surface area contributed by atoms with E-state index in [0.29, 0.717) is 5.56 Å². The molecule has 0 amide bonds. The summed E-state index contributed by atoms with van der Waals surface area (Å²) < 4.78 is 18.3. The number of benzene rings is 1. The lowest BCUT2D eigenvalue weighted by Gasteiger charge is -2.12. The van der Waals surface area contributed by atoms with Crippen LogP contribution < -0.4 is 4.74 Å². The molecule has 78 valence electrons. The maximum absolute atomic E-state index is 13.4. The van der Waals surface area contributed by atoms with E-state index in [-0.39, 0.29) is 18.3 Å². The molecule has 2 nitrogen and oxygen atoms in total. The summed E-state index contributed by atoms with van der Waals surface area (Å²) in [4.78, 5) is 0. The van der Waals surface area contributed by atoms with Gasteiger partial charge in [0.25, 0.3) is 0 Å². The minimum atomic E-state index is -0.414. The Morgan fingerprint density at radius 1 is 1.43 bits per heavy atom. The molecule has 0 aliphatic carbocycles. The Hall–Kier alpha value is -1.09. The fourth-order valence-corrected chi connectivity index (χ4v) is 1.35. The van der Waals surface area contributed by atoms with Gasteiger partial charge in [0.2, 0.25) is 0 Å². The molecule has 0 spiro atoms. The molecule has 0 atom stereocenters. The highest BCUT2D eigenvalue weighted by molar-refractivity contribution is 5.39. The minimum Gasteiger partial charge on any atom is -0.493 e. The zero-order chi connectivity index (χ0) is 10.7. The number of aliphatic hydroxyl groups is 1. The number of hydrogen-bond acceptors (Lipinski definition) is 2. The standard InChI is InChI=1S/C11H15FO2/c1-7(2)8-4-9(6-13)11(14-3)10(12)5-8/h4-5,7,13H,6H2,1-3H3. The van der Waals surface area contributed by atoms with Crippen LogP contribution in [0.25, 0.3) is 0 Å². The molecule has 1 aromatic carbocycles. The molecule has 1 aromatic rings. The van der Waals surface area contributed by atoms with Gasteiger partial charge in [-0.2, -0.15) is 0 Å². The van der Waals surface area contributed by atoms with Gasteiger partial charge >= 0.3 is 0 Å². The van der Waals surface area contributed by atoms with Crippen LogP contribution in [0.1, 0.15) is 30.9 Å². The summed E-state index contributed by atoms with van der Waals surface area (Å²) in [5.74, 6) is -0.0413. The van der Waals surface area contributed by atoms with Crippen LogP contribution in [-0.2, 0) is 6.61 Å². The van der Waals surface area contributed by atoms with Crippen LogP contribution in [0.4, 0.5) is 4.39 Å². The largest absolute Gasteiger partial charge is 0.493 e. The van der Waals surface area contributed by atoms with E-state index in [1.807, 2.05) is 13.8 Å². The minimum absolute atomic E-state index is 0.136. The summed E-state index contributed by atoms with van der Waals surface area (Å²) in [6.07, 6.45) is 0. The summed E-state index contributed by atoms with van der Waals surface area (Å²) in [6.45, 7) is 3.74. The highest BCUT2D eigenvalue weighted by atomic mass is 19.1. The van der Waals surface area contributed by atoms with Crippen LogP contribution in [0.5, 0.6) is 5.75 Å². The van der Waals surface area contributed by atoms with Crippen molar-refractivity contribution >= 4 is 0 Å². The van der Waals surface area contributed by atoms with Gasteiger partial charge in [0.15, 0.2) is 11.6 Å². The molecule has 0 saturated heterocycles. The summed E-state index contributed by atoms with van der Waals surface area (Å²) in [7, 11) is 1.40. The first-order chi connectivity index (χ1) is 6.60. The molecule has 0 radical (unpaired) electrons. The molecule has 0 fully saturated rings. The number of aliphatic hydroxyl groups excluding tert-OH is 1. The zero-order valence-corrected chi connectivity index (χ0v) is 8.67. The monoisotopic (exact) mass is 198 g/mol. The molecule has 1 rings (SSSR count). The molecular weight excluding hydrogens is 183 g/mol. The van der Waals surface area contributed by atoms with E-state index in [4.69, 9.17) is 9.84 Å². The van der Waals surface area contributed by atoms with E-state index in [9.17, 15) is 4.39 Å². The third-order valence-electron chi connectivity index (χ3n) is 2.18. The van der Waals surface area contributed by atoms with E-state index in [0.717, 1.165) is 5.56 Å². The number of rotatable bonds is 3. The molecule has 3 heteroatoms. The highest BCUT2D eigenvalue weighted by Crippen LogP contribution is 2.27. The number of methoxy groups -OCH3 is 1. The van der Waals surface area contributed by atoms with Crippen molar-refractivity contribution < 1.29 is 14.2 Å². The highest BCUT2D eigenvalue weighted by Gasteiger charge is 2.12. The van der Waals surface area contributed by atoms with E-state index < -0.39 is 5.82 Å². The van der Waals surface area contributed by atoms with Gasteiger partial charge in [-0.3, -0.25) is 0 Å². The van der Waals surface area contributed by atoms with Crippen LogP contribution in [0.3, 0.4) is 0 Å². The third kappa shape index (κ3) is 2.04. The van der Waals surface area contributed by atoms with Crippen molar-refractivity contribution in [2.24, 2.45) is 0 Å². The second kappa shape index (κ2) is 4.42. The number of halogens is 1. The predicted octanol–water partition coefficient (Wildman–Crippen LogP) is 2.45. The van der Waals surface area contributed by atoms with Gasteiger partial charge in [-0.25, -0.2) is 4.39 Å². The molecule has 0 unspecified atom stereocenters. The van der Waals surface area contributed by atoms with Crippen molar-refractivity contribution in [2.75, 3.05) is 7.11 Å². The van der Waals surface area contributed by atoms with Crippen molar-refractivity contribution in [3.8, 4) is 5.75 Å². The smallest absolute Gasteiger partial charge is 0.165 e. The zero-order valence-electron chi connectivity index (χ0n) is 8.67. The van der Waals surface area contributed by atoms with Crippen LogP contribution in [-0.4, -0.2) is 12.2 Å². The normalized spacial score (nSPS) is 10.7. The number of ether oxygens (including phenoxy) is 1. The molecule has 14 heavy (non-hydrogen) atoms. The van der Waals surface area contributed by atoms with Crippen molar-refractivity contribution in [3.63, 3.8) is 0 Å². The summed E-state index contributed by atoms with van der Waals surface area (Å²) >= 11 is 0. The number of hydrogen-bond donors (Lipinski definition) is 1. The van der Waals surface area contributed by atoms with Gasteiger partial charge in [0, 0.05) is 5.56 Å². The van der Waals surface area contributed by atoms with Gasteiger partial charge in [0.1, 0.15) is 0 Å².